The van der Waals surface area contributed by atoms with Crippen molar-refractivity contribution in [2.75, 3.05) is 13.1 Å². The molecule has 0 spiro atoms. The normalized spacial score (nSPS) is 16.6. The van der Waals surface area contributed by atoms with E-state index in [4.69, 9.17) is 0 Å². The lowest BCUT2D eigenvalue weighted by Crippen LogP contribution is -2.43. The van der Waals surface area contributed by atoms with Gasteiger partial charge in [-0.1, -0.05) is 0 Å². The van der Waals surface area contributed by atoms with E-state index < -0.39 is 4.92 Å². The first-order chi connectivity index (χ1) is 9.08. The van der Waals surface area contributed by atoms with E-state index in [1.54, 1.807) is 0 Å². The lowest BCUT2D eigenvalue weighted by atomic mass is 10.1. The van der Waals surface area contributed by atoms with Crippen molar-refractivity contribution in [1.82, 2.24) is 10.6 Å². The van der Waals surface area contributed by atoms with Gasteiger partial charge in [0.15, 0.2) is 5.78 Å². The van der Waals surface area contributed by atoms with Crippen molar-refractivity contribution in [2.24, 2.45) is 0 Å². The monoisotopic (exact) mass is 261 g/mol. The Morgan fingerprint density at radius 1 is 1.21 bits per heavy atom. The third kappa shape index (κ3) is 2.95. The molecule has 19 heavy (non-hydrogen) atoms. The zero-order valence-electron chi connectivity index (χ0n) is 9.88. The van der Waals surface area contributed by atoms with Gasteiger partial charge in [-0.05, 0) is 12.1 Å². The van der Waals surface area contributed by atoms with Gasteiger partial charge in [-0.25, -0.2) is 0 Å². The molecule has 7 nitrogen and oxygen atoms in total. The summed E-state index contributed by atoms with van der Waals surface area (Å²) in [5.74, 6) is -0.712. The molecule has 0 bridgehead atoms. The van der Waals surface area contributed by atoms with Crippen LogP contribution in [-0.2, 0) is 4.79 Å². The van der Waals surface area contributed by atoms with Crippen LogP contribution in [0.1, 0.15) is 10.4 Å². The number of carbonyl (C=O) groups is 2. The van der Waals surface area contributed by atoms with E-state index in [-0.39, 0.29) is 23.1 Å². The molecular formula is C12H11N3O4. The number of amides is 1. The second-order valence-electron chi connectivity index (χ2n) is 3.91. The molecule has 0 aromatic heterocycles. The van der Waals surface area contributed by atoms with Crippen molar-refractivity contribution in [2.45, 2.75) is 0 Å². The van der Waals surface area contributed by atoms with Gasteiger partial charge in [0.25, 0.3) is 11.6 Å². The number of rotatable bonds is 3. The van der Waals surface area contributed by atoms with Crippen LogP contribution in [0.5, 0.6) is 0 Å². The molecule has 1 heterocycles. The number of piperazine rings is 1. The van der Waals surface area contributed by atoms with E-state index in [2.05, 4.69) is 10.6 Å². The second-order valence-corrected chi connectivity index (χ2v) is 3.91. The van der Waals surface area contributed by atoms with Gasteiger partial charge in [-0.2, -0.15) is 0 Å². The number of non-ortho nitro benzene ring substituents is 1. The third-order valence-corrected chi connectivity index (χ3v) is 2.61. The highest BCUT2D eigenvalue weighted by Crippen LogP contribution is 2.13. The minimum absolute atomic E-state index is 0.0854. The summed E-state index contributed by atoms with van der Waals surface area (Å²) in [7, 11) is 0. The van der Waals surface area contributed by atoms with Crippen molar-refractivity contribution >= 4 is 17.4 Å². The summed E-state index contributed by atoms with van der Waals surface area (Å²) < 4.78 is 0. The van der Waals surface area contributed by atoms with Crippen LogP contribution >= 0.6 is 0 Å². The van der Waals surface area contributed by atoms with E-state index in [1.165, 1.54) is 30.3 Å². The number of hydrogen-bond acceptors (Lipinski definition) is 5. The van der Waals surface area contributed by atoms with Crippen LogP contribution in [0.25, 0.3) is 0 Å². The van der Waals surface area contributed by atoms with E-state index in [0.29, 0.717) is 18.7 Å². The van der Waals surface area contributed by atoms with Crippen LogP contribution in [0.15, 0.2) is 36.0 Å². The molecule has 7 heteroatoms. The largest absolute Gasteiger partial charge is 0.379 e. The molecule has 0 saturated carbocycles. The number of nitrogens with zero attached hydrogens (tertiary/aromatic N) is 1. The SMILES string of the molecule is O=C1NCCNC1=CC(=O)c1ccc([N+](=O)[O-])cc1. The van der Waals surface area contributed by atoms with Gasteiger partial charge in [0.1, 0.15) is 5.70 Å². The summed E-state index contributed by atoms with van der Waals surface area (Å²) in [6, 6.07) is 5.22. The Kier molecular flexibility index (Phi) is 3.56. The lowest BCUT2D eigenvalue weighted by molar-refractivity contribution is -0.384. The highest BCUT2D eigenvalue weighted by molar-refractivity contribution is 6.09. The van der Waals surface area contributed by atoms with Gasteiger partial charge in [0.05, 0.1) is 4.92 Å². The van der Waals surface area contributed by atoms with Crippen LogP contribution in [-0.4, -0.2) is 29.7 Å². The maximum atomic E-state index is 11.9. The van der Waals surface area contributed by atoms with E-state index >= 15 is 0 Å². The predicted molar refractivity (Wildman–Crippen MR) is 66.5 cm³/mol. The van der Waals surface area contributed by atoms with Crippen molar-refractivity contribution in [3.63, 3.8) is 0 Å². The molecule has 2 rings (SSSR count). The fourth-order valence-corrected chi connectivity index (χ4v) is 1.63. The molecular weight excluding hydrogens is 250 g/mol. The zero-order chi connectivity index (χ0) is 13.8. The van der Waals surface area contributed by atoms with Crippen molar-refractivity contribution in [1.29, 1.82) is 0 Å². The van der Waals surface area contributed by atoms with Gasteiger partial charge in [-0.3, -0.25) is 19.7 Å². The Morgan fingerprint density at radius 3 is 2.42 bits per heavy atom. The first kappa shape index (κ1) is 12.7. The predicted octanol–water partition coefficient (Wildman–Crippen LogP) is 0.381. The van der Waals surface area contributed by atoms with Gasteiger partial charge < -0.3 is 10.6 Å². The summed E-state index contributed by atoms with van der Waals surface area (Å²) in [6.07, 6.45) is 1.19. The van der Waals surface area contributed by atoms with E-state index in [0.717, 1.165) is 0 Å². The molecule has 0 unspecified atom stereocenters. The topological polar surface area (TPSA) is 101 Å². The maximum absolute atomic E-state index is 11.9. The summed E-state index contributed by atoms with van der Waals surface area (Å²) in [5, 5.41) is 15.9. The molecule has 1 saturated heterocycles. The number of carbonyl (C=O) groups excluding carboxylic acids is 2. The van der Waals surface area contributed by atoms with Crippen LogP contribution in [0.4, 0.5) is 5.69 Å². The molecule has 98 valence electrons. The van der Waals surface area contributed by atoms with Gasteiger partial charge in [0, 0.05) is 36.9 Å². The van der Waals surface area contributed by atoms with Crippen molar-refractivity contribution < 1.29 is 14.5 Å². The standard InChI is InChI=1S/C12H11N3O4/c16-11(7-10-12(17)14-6-5-13-10)8-1-3-9(4-2-8)15(18)19/h1-4,7,13H,5-6H2,(H,14,17). The molecule has 0 atom stereocenters. The molecule has 1 aliphatic rings. The molecule has 2 N–H and O–H groups in total. The highest BCUT2D eigenvalue weighted by atomic mass is 16.6. The number of nitro groups is 1. The number of ketones is 1. The minimum Gasteiger partial charge on any atom is -0.379 e. The molecule has 1 aliphatic heterocycles. The Bertz CT molecular complexity index is 563. The fourth-order valence-electron chi connectivity index (χ4n) is 1.63. The molecule has 0 aliphatic carbocycles. The van der Waals surface area contributed by atoms with Crippen LogP contribution in [0, 0.1) is 10.1 Å². The average molecular weight is 261 g/mol. The first-order valence-corrected chi connectivity index (χ1v) is 5.60. The Balaban J connectivity index is 2.17. The number of nitrogens with one attached hydrogen (secondary N) is 2. The summed E-state index contributed by atoms with van der Waals surface area (Å²) in [4.78, 5) is 33.2. The van der Waals surface area contributed by atoms with Gasteiger partial charge in [0.2, 0.25) is 0 Å². The molecule has 1 amide bonds. The third-order valence-electron chi connectivity index (χ3n) is 2.61. The number of benzene rings is 1. The highest BCUT2D eigenvalue weighted by Gasteiger charge is 2.16. The molecule has 1 aromatic carbocycles. The van der Waals surface area contributed by atoms with E-state index in [9.17, 15) is 19.7 Å². The molecule has 1 aromatic rings. The van der Waals surface area contributed by atoms with E-state index in [1.807, 2.05) is 0 Å². The fraction of sp³-hybridized carbons (Fsp3) is 0.167. The Labute approximate surface area is 108 Å². The Hall–Kier alpha value is -2.70. The van der Waals surface area contributed by atoms with Crippen molar-refractivity contribution in [3.8, 4) is 0 Å². The maximum Gasteiger partial charge on any atom is 0.269 e. The van der Waals surface area contributed by atoms with Crippen molar-refractivity contribution in [3.05, 3.63) is 51.7 Å². The van der Waals surface area contributed by atoms with Gasteiger partial charge >= 0.3 is 0 Å². The quantitative estimate of drug-likeness (QED) is 0.354. The number of allylic oxidation sites excluding steroid dienone is 1. The second kappa shape index (κ2) is 5.30. The van der Waals surface area contributed by atoms with Crippen LogP contribution < -0.4 is 10.6 Å². The van der Waals surface area contributed by atoms with Gasteiger partial charge in [-0.15, -0.1) is 0 Å². The average Bonchev–Trinajstić information content (AvgIpc) is 2.41. The smallest absolute Gasteiger partial charge is 0.269 e. The van der Waals surface area contributed by atoms with Crippen LogP contribution in [0.2, 0.25) is 0 Å². The van der Waals surface area contributed by atoms with Crippen LogP contribution in [0.3, 0.4) is 0 Å². The molecule has 1 fully saturated rings. The summed E-state index contributed by atoms with van der Waals surface area (Å²) in [5.41, 5.74) is 0.408. The summed E-state index contributed by atoms with van der Waals surface area (Å²) in [6.45, 7) is 1.08. The minimum atomic E-state index is -0.539. The molecule has 0 radical (unpaired) electrons. The first-order valence-electron chi connectivity index (χ1n) is 5.60. The summed E-state index contributed by atoms with van der Waals surface area (Å²) >= 11 is 0. The lowest BCUT2D eigenvalue weighted by Gasteiger charge is -2.16. The number of nitro benzene ring substituents is 1. The zero-order valence-corrected chi connectivity index (χ0v) is 9.88. The number of hydrogen-bond donors (Lipinski definition) is 2. The Morgan fingerprint density at radius 2 is 1.84 bits per heavy atom.